The van der Waals surface area contributed by atoms with E-state index in [0.29, 0.717) is 50.5 Å². The average Bonchev–Trinajstić information content (AvgIpc) is 3.28. The smallest absolute Gasteiger partial charge is 0.337 e. The number of nitrogens with one attached hydrogen (secondary N) is 1. The molecule has 0 saturated carbocycles. The zero-order valence-electron chi connectivity index (χ0n) is 21.5. The molecule has 1 unspecified atom stereocenters. The monoisotopic (exact) mass is 522 g/mol. The first-order valence-electron chi connectivity index (χ1n) is 11.9. The molecule has 0 aliphatic heterocycles. The number of esters is 1. The molecule has 9 heteroatoms. The largest absolute Gasteiger partial charge is 0.496 e. The van der Waals surface area contributed by atoms with Crippen LogP contribution in [0.15, 0.2) is 41.4 Å². The van der Waals surface area contributed by atoms with Crippen LogP contribution in [0.5, 0.6) is 17.2 Å². The molecule has 1 aliphatic carbocycles. The summed E-state index contributed by atoms with van der Waals surface area (Å²) in [6.07, 6.45) is 4.45. The summed E-state index contributed by atoms with van der Waals surface area (Å²) in [5.74, 6) is 1.57. The Balaban J connectivity index is 1.69. The van der Waals surface area contributed by atoms with Crippen molar-refractivity contribution in [1.82, 2.24) is 0 Å². The first kappa shape index (κ1) is 26.2. The number of fused-ring (bicyclic) bond motifs is 1. The van der Waals surface area contributed by atoms with Gasteiger partial charge < -0.3 is 24.3 Å². The standard InChI is InChI=1S/C28H30N2O6S/c1-16-6-11-20-24(12-16)37-27(29-15-18-13-22(34-3)23(35-4)14-21(18)33-2)25(20)26(31)30-19-9-7-17(8-10-19)28(32)36-5/h7-10,13-16H,6,11-12H2,1-5H3,(H,30,31). The van der Waals surface area contributed by atoms with Crippen molar-refractivity contribution in [1.29, 1.82) is 0 Å². The maximum atomic E-state index is 13.5. The van der Waals surface area contributed by atoms with Gasteiger partial charge in [0.15, 0.2) is 11.5 Å². The van der Waals surface area contributed by atoms with E-state index in [-0.39, 0.29) is 5.91 Å². The van der Waals surface area contributed by atoms with Gasteiger partial charge in [0, 0.05) is 28.4 Å². The zero-order chi connectivity index (χ0) is 26.5. The molecule has 0 spiro atoms. The van der Waals surface area contributed by atoms with E-state index in [1.807, 2.05) is 0 Å². The highest BCUT2D eigenvalue weighted by Gasteiger charge is 2.27. The summed E-state index contributed by atoms with van der Waals surface area (Å²) < 4.78 is 21.1. The fourth-order valence-electron chi connectivity index (χ4n) is 4.34. The van der Waals surface area contributed by atoms with Crippen molar-refractivity contribution >= 4 is 40.1 Å². The summed E-state index contributed by atoms with van der Waals surface area (Å²) in [6, 6.07) is 10.1. The molecule has 0 saturated heterocycles. The van der Waals surface area contributed by atoms with Gasteiger partial charge in [-0.3, -0.25) is 4.79 Å². The summed E-state index contributed by atoms with van der Waals surface area (Å²) >= 11 is 1.55. The van der Waals surface area contributed by atoms with Crippen LogP contribution in [0.3, 0.4) is 0 Å². The van der Waals surface area contributed by atoms with Gasteiger partial charge in [-0.25, -0.2) is 9.79 Å². The van der Waals surface area contributed by atoms with Gasteiger partial charge in [-0.2, -0.15) is 0 Å². The minimum Gasteiger partial charge on any atom is -0.496 e. The van der Waals surface area contributed by atoms with Gasteiger partial charge in [0.05, 0.1) is 39.6 Å². The normalized spacial score (nSPS) is 14.7. The van der Waals surface area contributed by atoms with E-state index < -0.39 is 5.97 Å². The number of rotatable bonds is 8. The lowest BCUT2D eigenvalue weighted by Gasteiger charge is -2.18. The molecule has 194 valence electrons. The third-order valence-corrected chi connectivity index (χ3v) is 7.50. The van der Waals surface area contributed by atoms with E-state index >= 15 is 0 Å². The number of anilines is 1. The highest BCUT2D eigenvalue weighted by Crippen LogP contribution is 2.42. The Bertz CT molecular complexity index is 1330. The van der Waals surface area contributed by atoms with Crippen molar-refractivity contribution in [2.24, 2.45) is 10.9 Å². The first-order chi connectivity index (χ1) is 17.9. The number of carbonyl (C=O) groups excluding carboxylic acids is 2. The third-order valence-electron chi connectivity index (χ3n) is 6.34. The lowest BCUT2D eigenvalue weighted by molar-refractivity contribution is 0.0600. The molecule has 2 aromatic carbocycles. The first-order valence-corrected chi connectivity index (χ1v) is 12.7. The lowest BCUT2D eigenvalue weighted by atomic mass is 9.88. The number of benzene rings is 2. The zero-order valence-corrected chi connectivity index (χ0v) is 22.4. The molecule has 1 heterocycles. The van der Waals surface area contributed by atoms with Gasteiger partial charge in [-0.15, -0.1) is 11.3 Å². The van der Waals surface area contributed by atoms with Gasteiger partial charge >= 0.3 is 5.97 Å². The fourth-order valence-corrected chi connectivity index (χ4v) is 5.70. The Morgan fingerprint density at radius 3 is 2.32 bits per heavy atom. The Morgan fingerprint density at radius 2 is 1.68 bits per heavy atom. The van der Waals surface area contributed by atoms with Crippen molar-refractivity contribution in [3.05, 3.63) is 63.5 Å². The number of methoxy groups -OCH3 is 4. The number of hydrogen-bond acceptors (Lipinski definition) is 8. The highest BCUT2D eigenvalue weighted by atomic mass is 32.1. The molecular weight excluding hydrogens is 492 g/mol. The van der Waals surface area contributed by atoms with Crippen molar-refractivity contribution in [2.45, 2.75) is 26.2 Å². The minimum absolute atomic E-state index is 0.232. The second kappa shape index (κ2) is 11.5. The number of carbonyl (C=O) groups is 2. The molecule has 0 radical (unpaired) electrons. The van der Waals surface area contributed by atoms with Gasteiger partial charge in [0.25, 0.3) is 5.91 Å². The fraction of sp³-hybridized carbons (Fsp3) is 0.321. The predicted molar refractivity (Wildman–Crippen MR) is 145 cm³/mol. The third kappa shape index (κ3) is 5.61. The van der Waals surface area contributed by atoms with Crippen LogP contribution in [0.4, 0.5) is 10.7 Å². The minimum atomic E-state index is -0.430. The van der Waals surface area contributed by atoms with Crippen LogP contribution in [0.1, 0.15) is 50.1 Å². The molecule has 1 aliphatic rings. The van der Waals surface area contributed by atoms with E-state index in [9.17, 15) is 9.59 Å². The van der Waals surface area contributed by atoms with Crippen LogP contribution in [0.2, 0.25) is 0 Å². The molecular formula is C28H30N2O6S. The number of thiophene rings is 1. The second-order valence-electron chi connectivity index (χ2n) is 8.76. The maximum Gasteiger partial charge on any atom is 0.337 e. The molecule has 37 heavy (non-hydrogen) atoms. The van der Waals surface area contributed by atoms with Crippen LogP contribution in [0.25, 0.3) is 0 Å². The number of amides is 1. The number of ether oxygens (including phenoxy) is 4. The van der Waals surface area contributed by atoms with Crippen LogP contribution in [0, 0.1) is 5.92 Å². The lowest BCUT2D eigenvalue weighted by Crippen LogP contribution is -2.16. The number of hydrogen-bond donors (Lipinski definition) is 1. The molecule has 3 aromatic rings. The summed E-state index contributed by atoms with van der Waals surface area (Å²) in [7, 11) is 6.04. The second-order valence-corrected chi connectivity index (χ2v) is 9.85. The Hall–Kier alpha value is -3.85. The molecule has 1 aromatic heterocycles. The highest BCUT2D eigenvalue weighted by molar-refractivity contribution is 7.16. The Labute approximate surface area is 220 Å². The number of aliphatic imine (C=N–C) groups is 1. The molecule has 1 atom stereocenters. The van der Waals surface area contributed by atoms with E-state index in [0.717, 1.165) is 24.8 Å². The predicted octanol–water partition coefficient (Wildman–Crippen LogP) is 5.69. The quantitative estimate of drug-likeness (QED) is 0.302. The SMILES string of the molecule is COC(=O)c1ccc(NC(=O)c2c(N=Cc3cc(OC)c(OC)cc3OC)sc3c2CCC(C)C3)cc1. The van der Waals surface area contributed by atoms with Crippen molar-refractivity contribution < 1.29 is 28.5 Å². The molecule has 0 bridgehead atoms. The van der Waals surface area contributed by atoms with Gasteiger partial charge in [0.1, 0.15) is 10.8 Å². The molecule has 0 fully saturated rings. The molecule has 1 amide bonds. The van der Waals surface area contributed by atoms with Gasteiger partial charge in [0.2, 0.25) is 0 Å². The summed E-state index contributed by atoms with van der Waals surface area (Å²) in [6.45, 7) is 2.22. The van der Waals surface area contributed by atoms with Crippen molar-refractivity contribution in [3.8, 4) is 17.2 Å². The van der Waals surface area contributed by atoms with Crippen molar-refractivity contribution in [3.63, 3.8) is 0 Å². The molecule has 8 nitrogen and oxygen atoms in total. The van der Waals surface area contributed by atoms with Crippen LogP contribution >= 0.6 is 11.3 Å². The summed E-state index contributed by atoms with van der Waals surface area (Å²) in [5, 5.41) is 3.60. The maximum absolute atomic E-state index is 13.5. The van der Waals surface area contributed by atoms with Crippen LogP contribution in [-0.2, 0) is 17.6 Å². The Kier molecular flexibility index (Phi) is 8.13. The molecule has 4 rings (SSSR count). The van der Waals surface area contributed by atoms with E-state index in [2.05, 4.69) is 12.2 Å². The Morgan fingerprint density at radius 1 is 1.00 bits per heavy atom. The van der Waals surface area contributed by atoms with Gasteiger partial charge in [-0.1, -0.05) is 6.92 Å². The molecule has 1 N–H and O–H groups in total. The summed E-state index contributed by atoms with van der Waals surface area (Å²) in [5.41, 5.74) is 3.33. The van der Waals surface area contributed by atoms with Gasteiger partial charge in [-0.05, 0) is 61.1 Å². The number of nitrogens with zero attached hydrogens (tertiary/aromatic N) is 1. The summed E-state index contributed by atoms with van der Waals surface area (Å²) in [4.78, 5) is 31.2. The van der Waals surface area contributed by atoms with E-state index in [1.54, 1.807) is 75.3 Å². The average molecular weight is 523 g/mol. The van der Waals surface area contributed by atoms with E-state index in [4.69, 9.17) is 23.9 Å². The van der Waals surface area contributed by atoms with E-state index in [1.165, 1.54) is 12.0 Å². The topological polar surface area (TPSA) is 95.5 Å². The van der Waals surface area contributed by atoms with Crippen LogP contribution in [-0.4, -0.2) is 46.5 Å². The van der Waals surface area contributed by atoms with Crippen LogP contribution < -0.4 is 19.5 Å². The van der Waals surface area contributed by atoms with Crippen molar-refractivity contribution in [2.75, 3.05) is 33.8 Å².